The maximum absolute atomic E-state index is 12.3. The number of nitrogens with zero attached hydrogens (tertiary/aromatic N) is 2. The van der Waals surface area contributed by atoms with Gasteiger partial charge >= 0.3 is 0 Å². The summed E-state index contributed by atoms with van der Waals surface area (Å²) in [5.41, 5.74) is 2.57. The average molecular weight is 294 g/mol. The van der Waals surface area contributed by atoms with E-state index in [1.54, 1.807) is 11.9 Å². The first-order valence-electron chi connectivity index (χ1n) is 6.51. The van der Waals surface area contributed by atoms with Gasteiger partial charge in [-0.15, -0.1) is 17.8 Å². The number of hydrogen-bond donors (Lipinski definition) is 0. The van der Waals surface area contributed by atoms with Gasteiger partial charge in [-0.3, -0.25) is 4.79 Å². The summed E-state index contributed by atoms with van der Waals surface area (Å²) in [5.74, 6) is 2.67. The molecule has 2 aromatic rings. The molecule has 0 saturated carbocycles. The van der Waals surface area contributed by atoms with Crippen LogP contribution >= 0.6 is 11.3 Å². The van der Waals surface area contributed by atoms with Crippen LogP contribution in [0.4, 0.5) is 16.4 Å². The third kappa shape index (κ3) is 2.22. The van der Waals surface area contributed by atoms with E-state index >= 15 is 0 Å². The van der Waals surface area contributed by atoms with Crippen LogP contribution in [0.25, 0.3) is 0 Å². The van der Waals surface area contributed by atoms with E-state index in [1.807, 2.05) is 41.3 Å². The van der Waals surface area contributed by atoms with E-state index in [9.17, 15) is 4.79 Å². The Labute approximate surface area is 128 Å². The molecule has 0 aliphatic carbocycles. The van der Waals surface area contributed by atoms with Crippen molar-refractivity contribution in [2.45, 2.75) is 6.42 Å². The lowest BCUT2D eigenvalue weighted by atomic mass is 10.2. The van der Waals surface area contributed by atoms with Crippen LogP contribution in [0.2, 0.25) is 0 Å². The van der Waals surface area contributed by atoms with Crippen LogP contribution in [0.5, 0.6) is 0 Å². The predicted octanol–water partition coefficient (Wildman–Crippen LogP) is 3.75. The lowest BCUT2D eigenvalue weighted by Gasteiger charge is -2.23. The van der Waals surface area contributed by atoms with E-state index < -0.39 is 0 Å². The zero-order chi connectivity index (χ0) is 15.0. The second kappa shape index (κ2) is 5.12. The van der Waals surface area contributed by atoms with E-state index in [2.05, 4.69) is 12.5 Å². The van der Waals surface area contributed by atoms with Crippen molar-refractivity contribution in [1.29, 1.82) is 0 Å². The first-order chi connectivity index (χ1) is 10.1. The molecule has 0 atom stereocenters. The van der Waals surface area contributed by atoms with Gasteiger partial charge in [-0.05, 0) is 18.2 Å². The van der Waals surface area contributed by atoms with Crippen molar-refractivity contribution in [1.82, 2.24) is 0 Å². The highest BCUT2D eigenvalue weighted by molar-refractivity contribution is 7.17. The van der Waals surface area contributed by atoms with E-state index in [0.29, 0.717) is 0 Å². The third-order valence-electron chi connectivity index (χ3n) is 3.46. The summed E-state index contributed by atoms with van der Waals surface area (Å²) in [6.45, 7) is 4.08. The number of hydrogen-bond acceptors (Lipinski definition) is 3. The highest BCUT2D eigenvalue weighted by Gasteiger charge is 2.29. The van der Waals surface area contributed by atoms with E-state index in [1.165, 1.54) is 11.3 Å². The van der Waals surface area contributed by atoms with Gasteiger partial charge in [-0.25, -0.2) is 0 Å². The summed E-state index contributed by atoms with van der Waals surface area (Å²) in [7, 11) is 1.77. The Hall–Kier alpha value is -2.51. The Balaban J connectivity index is 2.22. The van der Waals surface area contributed by atoms with Gasteiger partial charge in [0, 0.05) is 18.4 Å². The molecule has 0 saturated heterocycles. The fraction of sp³-hybridized carbons (Fsp3) is 0.118. The molecule has 3 rings (SSSR count). The van der Waals surface area contributed by atoms with Crippen LogP contribution < -0.4 is 9.80 Å². The number of terminal acetylenes is 1. The molecule has 0 fully saturated rings. The zero-order valence-electron chi connectivity index (χ0n) is 11.7. The van der Waals surface area contributed by atoms with Crippen molar-refractivity contribution >= 4 is 33.6 Å². The molecule has 0 radical (unpaired) electrons. The number of fused-ring (bicyclic) bond motifs is 1. The van der Waals surface area contributed by atoms with Crippen molar-refractivity contribution in [2.75, 3.05) is 16.8 Å². The molecule has 0 N–H and O–H groups in total. The standard InChI is InChI=1S/C17H14N2OS/c1-4-14-11-15-17(21-14)19(13-8-6-5-7-9-13)12(2)10-16(20)18(15)3/h1,5-9,11H,2,10H2,3H3. The number of benzene rings is 1. The zero-order valence-corrected chi connectivity index (χ0v) is 12.5. The van der Waals surface area contributed by atoms with Crippen LogP contribution in [0.3, 0.4) is 0 Å². The number of anilines is 3. The van der Waals surface area contributed by atoms with Gasteiger partial charge in [0.05, 0.1) is 17.0 Å². The van der Waals surface area contributed by atoms with E-state index in [4.69, 9.17) is 6.42 Å². The number of thiophene rings is 1. The van der Waals surface area contributed by atoms with Crippen LogP contribution in [-0.2, 0) is 4.79 Å². The molecule has 0 unspecified atom stereocenters. The maximum atomic E-state index is 12.3. The number of rotatable bonds is 1. The fourth-order valence-corrected chi connectivity index (χ4v) is 3.43. The van der Waals surface area contributed by atoms with Gasteiger partial charge in [0.2, 0.25) is 5.91 Å². The number of carbonyl (C=O) groups excluding carboxylic acids is 1. The highest BCUT2D eigenvalue weighted by atomic mass is 32.1. The van der Waals surface area contributed by atoms with Crippen LogP contribution in [0.15, 0.2) is 48.7 Å². The minimum Gasteiger partial charge on any atom is -0.312 e. The van der Waals surface area contributed by atoms with E-state index in [0.717, 1.165) is 27.0 Å². The van der Waals surface area contributed by atoms with Gasteiger partial charge in [-0.1, -0.05) is 30.7 Å². The summed E-state index contributed by atoms with van der Waals surface area (Å²) in [6, 6.07) is 11.8. The summed E-state index contributed by atoms with van der Waals surface area (Å²) < 4.78 is 0. The quantitative estimate of drug-likeness (QED) is 0.748. The predicted molar refractivity (Wildman–Crippen MR) is 88.0 cm³/mol. The van der Waals surface area contributed by atoms with Crippen molar-refractivity contribution in [3.8, 4) is 12.3 Å². The molecular weight excluding hydrogens is 280 g/mol. The molecule has 0 bridgehead atoms. The Morgan fingerprint density at radius 2 is 2.05 bits per heavy atom. The monoisotopic (exact) mass is 294 g/mol. The molecular formula is C17H14N2OS. The first-order valence-corrected chi connectivity index (χ1v) is 7.33. The SMILES string of the molecule is C#Cc1cc2c(s1)N(c1ccccc1)C(=C)CC(=O)N2C. The molecule has 1 amide bonds. The number of amides is 1. The molecule has 104 valence electrons. The van der Waals surface area contributed by atoms with Crippen molar-refractivity contribution in [3.63, 3.8) is 0 Å². The van der Waals surface area contributed by atoms with Crippen molar-refractivity contribution in [3.05, 3.63) is 53.6 Å². The van der Waals surface area contributed by atoms with Crippen LogP contribution in [0.1, 0.15) is 11.3 Å². The minimum atomic E-state index is 0.0149. The third-order valence-corrected chi connectivity index (χ3v) is 4.50. The molecule has 1 aliphatic heterocycles. The Kier molecular flexibility index (Phi) is 3.28. The minimum absolute atomic E-state index is 0.0149. The summed E-state index contributed by atoms with van der Waals surface area (Å²) in [6.07, 6.45) is 5.81. The molecule has 1 aliphatic rings. The van der Waals surface area contributed by atoms with Gasteiger partial charge in [0.15, 0.2) is 0 Å². The largest absolute Gasteiger partial charge is 0.312 e. The smallest absolute Gasteiger partial charge is 0.232 e. The lowest BCUT2D eigenvalue weighted by molar-refractivity contribution is -0.117. The van der Waals surface area contributed by atoms with Gasteiger partial charge < -0.3 is 9.80 Å². The average Bonchev–Trinajstić information content (AvgIpc) is 2.88. The number of para-hydroxylation sites is 1. The van der Waals surface area contributed by atoms with Gasteiger partial charge in [0.25, 0.3) is 0 Å². The topological polar surface area (TPSA) is 23.6 Å². The molecule has 1 aromatic heterocycles. The van der Waals surface area contributed by atoms with Gasteiger partial charge in [-0.2, -0.15) is 0 Å². The lowest BCUT2D eigenvalue weighted by Crippen LogP contribution is -2.24. The summed E-state index contributed by atoms with van der Waals surface area (Å²) in [5, 5.41) is 0.938. The second-order valence-electron chi connectivity index (χ2n) is 4.81. The Morgan fingerprint density at radius 1 is 1.33 bits per heavy atom. The molecule has 2 heterocycles. The van der Waals surface area contributed by atoms with Crippen molar-refractivity contribution in [2.24, 2.45) is 0 Å². The first kappa shape index (κ1) is 13.5. The highest BCUT2D eigenvalue weighted by Crippen LogP contribution is 2.45. The van der Waals surface area contributed by atoms with Crippen molar-refractivity contribution < 1.29 is 4.79 Å². The molecule has 4 heteroatoms. The molecule has 21 heavy (non-hydrogen) atoms. The number of carbonyl (C=O) groups is 1. The van der Waals surface area contributed by atoms with Gasteiger partial charge in [0.1, 0.15) is 5.00 Å². The normalized spacial score (nSPS) is 14.7. The van der Waals surface area contributed by atoms with Crippen LogP contribution in [-0.4, -0.2) is 13.0 Å². The van der Waals surface area contributed by atoms with Crippen LogP contribution in [0, 0.1) is 12.3 Å². The fourth-order valence-electron chi connectivity index (χ4n) is 2.37. The Morgan fingerprint density at radius 3 is 2.71 bits per heavy atom. The molecule has 3 nitrogen and oxygen atoms in total. The maximum Gasteiger partial charge on any atom is 0.232 e. The van der Waals surface area contributed by atoms with E-state index in [-0.39, 0.29) is 12.3 Å². The summed E-state index contributed by atoms with van der Waals surface area (Å²) >= 11 is 1.50. The Bertz CT molecular complexity index is 755. The molecule has 1 aromatic carbocycles. The second-order valence-corrected chi connectivity index (χ2v) is 5.84. The summed E-state index contributed by atoms with van der Waals surface area (Å²) in [4.78, 5) is 16.7. The molecule has 0 spiro atoms.